The molecule has 1 saturated heterocycles. The molecule has 180 valence electrons. The monoisotopic (exact) mass is 479 g/mol. The highest BCUT2D eigenvalue weighted by Crippen LogP contribution is 2.20. The lowest BCUT2D eigenvalue weighted by Crippen LogP contribution is -2.41. The van der Waals surface area contributed by atoms with Crippen molar-refractivity contribution in [3.8, 4) is 0 Å². The van der Waals surface area contributed by atoms with E-state index in [-0.39, 0.29) is 11.7 Å². The van der Waals surface area contributed by atoms with Crippen LogP contribution in [-0.4, -0.2) is 68.6 Å². The molecule has 6 nitrogen and oxygen atoms in total. The van der Waals surface area contributed by atoms with E-state index in [1.54, 1.807) is 4.31 Å². The van der Waals surface area contributed by atoms with E-state index in [2.05, 4.69) is 34.5 Å². The average molecular weight is 480 g/mol. The molecule has 1 fully saturated rings. The predicted molar refractivity (Wildman–Crippen MR) is 137 cm³/mol. The van der Waals surface area contributed by atoms with Crippen LogP contribution in [0.1, 0.15) is 17.5 Å². The third-order valence-corrected chi connectivity index (χ3v) is 8.27. The van der Waals surface area contributed by atoms with Crippen molar-refractivity contribution in [3.05, 3.63) is 83.9 Å². The topological polar surface area (TPSA) is 69.7 Å². The van der Waals surface area contributed by atoms with Crippen molar-refractivity contribution in [1.82, 2.24) is 14.5 Å². The molecule has 3 aromatic carbocycles. The van der Waals surface area contributed by atoms with Gasteiger partial charge in [0.2, 0.25) is 15.9 Å². The number of nitrogens with zero attached hydrogens (tertiary/aromatic N) is 2. The quantitative estimate of drug-likeness (QED) is 0.512. The molecule has 0 spiro atoms. The molecule has 0 bridgehead atoms. The summed E-state index contributed by atoms with van der Waals surface area (Å²) in [5.74, 6) is 0.0873. The fourth-order valence-corrected chi connectivity index (χ4v) is 6.02. The number of sulfonamides is 1. The second kappa shape index (κ2) is 11.6. The van der Waals surface area contributed by atoms with Crippen LogP contribution in [0.4, 0.5) is 0 Å². The number of carbonyl (C=O) groups is 1. The molecule has 0 atom stereocenters. The van der Waals surface area contributed by atoms with Crippen LogP contribution in [-0.2, 0) is 27.7 Å². The first kappa shape index (κ1) is 24.4. The molecular formula is C27H33N3O3S. The van der Waals surface area contributed by atoms with Gasteiger partial charge in [0.25, 0.3) is 0 Å². The molecule has 4 rings (SSSR count). The van der Waals surface area contributed by atoms with Crippen molar-refractivity contribution in [2.75, 3.05) is 45.0 Å². The zero-order valence-corrected chi connectivity index (χ0v) is 20.3. The van der Waals surface area contributed by atoms with Gasteiger partial charge in [-0.15, -0.1) is 0 Å². The van der Waals surface area contributed by atoms with Gasteiger partial charge in [-0.25, -0.2) is 12.7 Å². The Morgan fingerprint density at radius 1 is 0.824 bits per heavy atom. The SMILES string of the molecule is O=C(CN1CCCN(S(=O)(=O)CCc2cccc3ccccc23)CC1)NCCc1ccccc1. The fourth-order valence-electron chi connectivity index (χ4n) is 4.51. The average Bonchev–Trinajstić information content (AvgIpc) is 3.09. The number of nitrogens with one attached hydrogen (secondary N) is 1. The highest BCUT2D eigenvalue weighted by Gasteiger charge is 2.25. The van der Waals surface area contributed by atoms with Crippen molar-refractivity contribution in [2.45, 2.75) is 19.3 Å². The minimum atomic E-state index is -3.36. The molecule has 0 unspecified atom stereocenters. The van der Waals surface area contributed by atoms with Gasteiger partial charge in [0.05, 0.1) is 12.3 Å². The molecule has 3 aromatic rings. The highest BCUT2D eigenvalue weighted by molar-refractivity contribution is 7.89. The Kier molecular flexibility index (Phi) is 8.32. The van der Waals surface area contributed by atoms with Crippen molar-refractivity contribution in [2.24, 2.45) is 0 Å². The number of amides is 1. The molecule has 34 heavy (non-hydrogen) atoms. The molecule has 1 N–H and O–H groups in total. The Hall–Kier alpha value is -2.74. The molecule has 7 heteroatoms. The first-order chi connectivity index (χ1) is 16.5. The summed E-state index contributed by atoms with van der Waals surface area (Å²) < 4.78 is 27.8. The Morgan fingerprint density at radius 3 is 2.44 bits per heavy atom. The first-order valence-electron chi connectivity index (χ1n) is 12.0. The van der Waals surface area contributed by atoms with Gasteiger partial charge in [0, 0.05) is 26.2 Å². The molecular weight excluding hydrogens is 446 g/mol. The van der Waals surface area contributed by atoms with Gasteiger partial charge in [0.15, 0.2) is 0 Å². The smallest absolute Gasteiger partial charge is 0.234 e. The van der Waals surface area contributed by atoms with Gasteiger partial charge in [-0.05, 0) is 47.7 Å². The van der Waals surface area contributed by atoms with Crippen molar-refractivity contribution < 1.29 is 13.2 Å². The van der Waals surface area contributed by atoms with Crippen LogP contribution in [0.15, 0.2) is 72.8 Å². The lowest BCUT2D eigenvalue weighted by molar-refractivity contribution is -0.122. The van der Waals surface area contributed by atoms with E-state index in [9.17, 15) is 13.2 Å². The second-order valence-corrected chi connectivity index (χ2v) is 10.9. The Labute approximate surface area is 202 Å². The second-order valence-electron chi connectivity index (χ2n) is 8.82. The Balaban J connectivity index is 1.25. The normalized spacial score (nSPS) is 15.8. The maximum absolute atomic E-state index is 13.1. The summed E-state index contributed by atoms with van der Waals surface area (Å²) in [5, 5.41) is 5.22. The Bertz CT molecular complexity index is 1190. The minimum absolute atomic E-state index is 0.0109. The summed E-state index contributed by atoms with van der Waals surface area (Å²) in [6.45, 7) is 3.13. The highest BCUT2D eigenvalue weighted by atomic mass is 32.2. The molecule has 0 aromatic heterocycles. The van der Waals surface area contributed by atoms with Crippen molar-refractivity contribution >= 4 is 26.7 Å². The molecule has 1 amide bonds. The Morgan fingerprint density at radius 2 is 1.59 bits per heavy atom. The number of benzene rings is 3. The minimum Gasteiger partial charge on any atom is -0.355 e. The number of fused-ring (bicyclic) bond motifs is 1. The largest absolute Gasteiger partial charge is 0.355 e. The van der Waals surface area contributed by atoms with Crippen LogP contribution >= 0.6 is 0 Å². The lowest BCUT2D eigenvalue weighted by atomic mass is 10.0. The van der Waals surface area contributed by atoms with Gasteiger partial charge < -0.3 is 5.32 Å². The molecule has 0 aliphatic carbocycles. The zero-order valence-electron chi connectivity index (χ0n) is 19.5. The molecule has 1 heterocycles. The van der Waals surface area contributed by atoms with Crippen LogP contribution < -0.4 is 5.32 Å². The molecule has 0 radical (unpaired) electrons. The maximum Gasteiger partial charge on any atom is 0.234 e. The van der Waals surface area contributed by atoms with Gasteiger partial charge in [0.1, 0.15) is 0 Å². The number of hydrogen-bond donors (Lipinski definition) is 1. The number of hydrogen-bond acceptors (Lipinski definition) is 4. The van der Waals surface area contributed by atoms with E-state index < -0.39 is 10.0 Å². The zero-order chi connectivity index (χ0) is 23.8. The summed E-state index contributed by atoms with van der Waals surface area (Å²) in [5.41, 5.74) is 2.26. The standard InChI is InChI=1S/C27H33N3O3S/c31-27(28-16-14-23-8-2-1-3-9-23)22-29-17-7-18-30(20-19-29)34(32,33)21-15-25-12-6-11-24-10-4-5-13-26(24)25/h1-6,8-13H,7,14-22H2,(H,28,31). The van der Waals surface area contributed by atoms with E-state index in [0.29, 0.717) is 39.1 Å². The van der Waals surface area contributed by atoms with E-state index in [0.717, 1.165) is 35.7 Å². The van der Waals surface area contributed by atoms with E-state index in [4.69, 9.17) is 0 Å². The third kappa shape index (κ3) is 6.65. The molecule has 1 aliphatic heterocycles. The van der Waals surface area contributed by atoms with Gasteiger partial charge in [-0.3, -0.25) is 9.69 Å². The van der Waals surface area contributed by atoms with E-state index in [1.807, 2.05) is 48.5 Å². The summed E-state index contributed by atoms with van der Waals surface area (Å²) in [6, 6.07) is 24.2. The van der Waals surface area contributed by atoms with Crippen LogP contribution in [0.5, 0.6) is 0 Å². The van der Waals surface area contributed by atoms with Gasteiger partial charge in [-0.2, -0.15) is 0 Å². The summed E-state index contributed by atoms with van der Waals surface area (Å²) in [7, 11) is -3.36. The maximum atomic E-state index is 13.1. The van der Waals surface area contributed by atoms with Crippen LogP contribution in [0.25, 0.3) is 10.8 Å². The number of rotatable bonds is 9. The van der Waals surface area contributed by atoms with Crippen molar-refractivity contribution in [3.63, 3.8) is 0 Å². The molecule has 1 aliphatic rings. The van der Waals surface area contributed by atoms with Crippen LogP contribution in [0, 0.1) is 0 Å². The predicted octanol–water partition coefficient (Wildman–Crippen LogP) is 3.08. The summed E-state index contributed by atoms with van der Waals surface area (Å²) in [6.07, 6.45) is 2.02. The fraction of sp³-hybridized carbons (Fsp3) is 0.370. The lowest BCUT2D eigenvalue weighted by Gasteiger charge is -2.21. The first-order valence-corrected chi connectivity index (χ1v) is 13.6. The van der Waals surface area contributed by atoms with E-state index >= 15 is 0 Å². The molecule has 0 saturated carbocycles. The number of aryl methyl sites for hydroxylation is 1. The summed E-state index contributed by atoms with van der Waals surface area (Å²) in [4.78, 5) is 14.4. The van der Waals surface area contributed by atoms with Crippen LogP contribution in [0.3, 0.4) is 0 Å². The summed E-state index contributed by atoms with van der Waals surface area (Å²) >= 11 is 0. The van der Waals surface area contributed by atoms with E-state index in [1.165, 1.54) is 5.56 Å². The van der Waals surface area contributed by atoms with Crippen LogP contribution in [0.2, 0.25) is 0 Å². The third-order valence-electron chi connectivity index (χ3n) is 6.40. The van der Waals surface area contributed by atoms with Gasteiger partial charge in [-0.1, -0.05) is 72.8 Å². The van der Waals surface area contributed by atoms with Gasteiger partial charge >= 0.3 is 0 Å². The van der Waals surface area contributed by atoms with Crippen molar-refractivity contribution in [1.29, 1.82) is 0 Å². The number of carbonyl (C=O) groups excluding carboxylic acids is 1.